The first-order valence-corrected chi connectivity index (χ1v) is 11.8. The van der Waals surface area contributed by atoms with Gasteiger partial charge < -0.3 is 9.88 Å². The van der Waals surface area contributed by atoms with Crippen molar-refractivity contribution in [1.82, 2.24) is 24.0 Å². The Hall–Kier alpha value is -1.71. The number of aromatic nitrogens is 3. The number of hydrogen-bond donors (Lipinski definition) is 2. The van der Waals surface area contributed by atoms with Crippen LogP contribution in [0.4, 0.5) is 5.82 Å². The van der Waals surface area contributed by atoms with Crippen molar-refractivity contribution in [2.24, 2.45) is 5.92 Å². The molecule has 28 heavy (non-hydrogen) atoms. The fraction of sp³-hybridized carbons (Fsp3) is 0.684. The fourth-order valence-electron chi connectivity index (χ4n) is 4.95. The van der Waals surface area contributed by atoms with Gasteiger partial charge in [0.25, 0.3) is 10.2 Å². The van der Waals surface area contributed by atoms with Crippen LogP contribution in [0.3, 0.4) is 0 Å². The molecule has 0 bridgehead atoms. The first kappa shape index (κ1) is 18.3. The topological polar surface area (TPSA) is 94.2 Å². The largest absolute Gasteiger partial charge is 0.353 e. The first-order chi connectivity index (χ1) is 13.6. The van der Waals surface area contributed by atoms with Crippen LogP contribution >= 0.6 is 0 Å². The number of rotatable bonds is 6. The molecule has 2 N–H and O–H groups in total. The van der Waals surface area contributed by atoms with E-state index in [2.05, 4.69) is 24.6 Å². The number of piperazine rings is 1. The lowest BCUT2D eigenvalue weighted by Gasteiger charge is -2.41. The molecule has 0 aromatic carbocycles. The maximum absolute atomic E-state index is 13.0. The van der Waals surface area contributed by atoms with Crippen molar-refractivity contribution < 1.29 is 8.42 Å². The number of aromatic amines is 1. The summed E-state index contributed by atoms with van der Waals surface area (Å²) >= 11 is 0. The second-order valence-corrected chi connectivity index (χ2v) is 10.2. The molecule has 2 aromatic heterocycles. The zero-order valence-corrected chi connectivity index (χ0v) is 16.9. The smallest absolute Gasteiger partial charge is 0.280 e. The monoisotopic (exact) mass is 404 g/mol. The number of anilines is 1. The van der Waals surface area contributed by atoms with Crippen molar-refractivity contribution >= 4 is 27.1 Å². The minimum atomic E-state index is -3.44. The Morgan fingerprint density at radius 3 is 2.82 bits per heavy atom. The average molecular weight is 405 g/mol. The summed E-state index contributed by atoms with van der Waals surface area (Å²) in [5.74, 6) is 1.58. The minimum absolute atomic E-state index is 0.287. The lowest BCUT2D eigenvalue weighted by atomic mass is 10.1. The molecule has 5 rings (SSSR count). The fourth-order valence-corrected chi connectivity index (χ4v) is 6.55. The molecule has 152 valence electrons. The molecule has 0 radical (unpaired) electrons. The quantitative estimate of drug-likeness (QED) is 0.768. The zero-order chi connectivity index (χ0) is 19.2. The van der Waals surface area contributed by atoms with Gasteiger partial charge in [-0.25, -0.2) is 14.7 Å². The summed E-state index contributed by atoms with van der Waals surface area (Å²) in [7, 11) is -3.44. The molecule has 2 aliphatic carbocycles. The maximum Gasteiger partial charge on any atom is 0.280 e. The number of H-pyrrole nitrogens is 1. The van der Waals surface area contributed by atoms with Gasteiger partial charge >= 0.3 is 0 Å². The third kappa shape index (κ3) is 3.29. The highest BCUT2D eigenvalue weighted by molar-refractivity contribution is 7.87. The summed E-state index contributed by atoms with van der Waals surface area (Å²) in [4.78, 5) is 14.1. The highest BCUT2D eigenvalue weighted by atomic mass is 32.2. The van der Waals surface area contributed by atoms with E-state index in [0.717, 1.165) is 36.1 Å². The van der Waals surface area contributed by atoms with E-state index in [9.17, 15) is 8.42 Å². The third-order valence-corrected chi connectivity index (χ3v) is 8.37. The van der Waals surface area contributed by atoms with E-state index < -0.39 is 10.2 Å². The Labute approximate surface area is 165 Å². The summed E-state index contributed by atoms with van der Waals surface area (Å²) in [6, 6.07) is 1.98. The molecular formula is C19H28N6O2S. The Balaban J connectivity index is 1.28. The van der Waals surface area contributed by atoms with Gasteiger partial charge in [0.1, 0.15) is 17.8 Å². The molecule has 2 aromatic rings. The first-order valence-electron chi connectivity index (χ1n) is 10.4. The van der Waals surface area contributed by atoms with E-state index in [4.69, 9.17) is 0 Å². The predicted molar refractivity (Wildman–Crippen MR) is 108 cm³/mol. The van der Waals surface area contributed by atoms with Crippen molar-refractivity contribution in [3.63, 3.8) is 0 Å². The molecule has 9 heteroatoms. The van der Waals surface area contributed by atoms with E-state index >= 15 is 0 Å². The predicted octanol–water partition coefficient (Wildman–Crippen LogP) is 2.03. The second kappa shape index (κ2) is 6.96. The third-order valence-electron chi connectivity index (χ3n) is 6.65. The van der Waals surface area contributed by atoms with Gasteiger partial charge in [-0.3, -0.25) is 0 Å². The van der Waals surface area contributed by atoms with Crippen LogP contribution in [0.25, 0.3) is 11.0 Å². The zero-order valence-electron chi connectivity index (χ0n) is 16.1. The van der Waals surface area contributed by atoms with Gasteiger partial charge in [-0.1, -0.05) is 25.7 Å². The van der Waals surface area contributed by atoms with Crippen molar-refractivity contribution in [2.45, 2.75) is 50.5 Å². The second-order valence-electron chi connectivity index (χ2n) is 8.49. The molecule has 8 nitrogen and oxygen atoms in total. The minimum Gasteiger partial charge on any atom is -0.353 e. The molecule has 1 aliphatic heterocycles. The van der Waals surface area contributed by atoms with Crippen LogP contribution in [-0.4, -0.2) is 59.4 Å². The van der Waals surface area contributed by atoms with Crippen LogP contribution in [0, 0.1) is 5.92 Å². The summed E-state index contributed by atoms with van der Waals surface area (Å²) in [5.41, 5.74) is 0.531. The lowest BCUT2D eigenvalue weighted by Crippen LogP contribution is -2.59. The van der Waals surface area contributed by atoms with E-state index in [1.165, 1.54) is 25.7 Å². The average Bonchev–Trinajstić information content (AvgIpc) is 3.11. The number of nitrogens with zero attached hydrogens (tertiary/aromatic N) is 4. The van der Waals surface area contributed by atoms with Crippen LogP contribution in [-0.2, 0) is 10.2 Å². The van der Waals surface area contributed by atoms with E-state index in [-0.39, 0.29) is 5.54 Å². The normalized spacial score (nSPS) is 23.1. The van der Waals surface area contributed by atoms with Gasteiger partial charge in [0.05, 0.1) is 10.9 Å². The maximum atomic E-state index is 13.0. The molecule has 0 amide bonds. The molecule has 0 atom stereocenters. The van der Waals surface area contributed by atoms with E-state index in [0.29, 0.717) is 32.1 Å². The standard InChI is InChI=1S/C19H28N6O2S/c26-28(27,23-10-5-15-3-1-2-4-15)25-12-11-24(13-19(25)7-8-19)18-16-6-9-20-17(16)21-14-22-18/h6,9,14-15,23H,1-5,7-8,10-13H2,(H,20,21,22). The van der Waals surface area contributed by atoms with Crippen LogP contribution in [0.15, 0.2) is 18.6 Å². The lowest BCUT2D eigenvalue weighted by molar-refractivity contribution is 0.266. The SMILES string of the molecule is O=S(=O)(NCCC1CCCC1)N1CCN(c2ncnc3[nH]ccc23)CC12CC2. The molecular weight excluding hydrogens is 376 g/mol. The summed E-state index contributed by atoms with van der Waals surface area (Å²) in [6.45, 7) is 2.38. The van der Waals surface area contributed by atoms with Gasteiger partial charge in [-0.05, 0) is 31.2 Å². The van der Waals surface area contributed by atoms with Crippen LogP contribution in [0.2, 0.25) is 0 Å². The molecule has 3 aliphatic rings. The highest BCUT2D eigenvalue weighted by Crippen LogP contribution is 2.46. The Morgan fingerprint density at radius 1 is 1.21 bits per heavy atom. The van der Waals surface area contributed by atoms with Crippen LogP contribution in [0.5, 0.6) is 0 Å². The highest BCUT2D eigenvalue weighted by Gasteiger charge is 2.56. The van der Waals surface area contributed by atoms with Gasteiger partial charge in [0.15, 0.2) is 0 Å². The van der Waals surface area contributed by atoms with Gasteiger partial charge in [-0.15, -0.1) is 0 Å². The summed E-state index contributed by atoms with van der Waals surface area (Å²) in [6.07, 6.45) is 11.3. The number of hydrogen-bond acceptors (Lipinski definition) is 5. The van der Waals surface area contributed by atoms with Gasteiger partial charge in [0, 0.05) is 32.4 Å². The van der Waals surface area contributed by atoms with Gasteiger partial charge in [-0.2, -0.15) is 12.7 Å². The molecule has 2 saturated carbocycles. The van der Waals surface area contributed by atoms with Gasteiger partial charge in [0.2, 0.25) is 0 Å². The number of fused-ring (bicyclic) bond motifs is 1. The Kier molecular flexibility index (Phi) is 4.56. The summed E-state index contributed by atoms with van der Waals surface area (Å²) in [5, 5.41) is 0.990. The number of nitrogens with one attached hydrogen (secondary N) is 2. The Morgan fingerprint density at radius 2 is 2.04 bits per heavy atom. The molecule has 0 unspecified atom stereocenters. The Bertz CT molecular complexity index is 948. The molecule has 1 saturated heterocycles. The van der Waals surface area contributed by atoms with Crippen LogP contribution in [0.1, 0.15) is 44.9 Å². The molecule has 3 heterocycles. The van der Waals surface area contributed by atoms with E-state index in [1.807, 2.05) is 12.3 Å². The van der Waals surface area contributed by atoms with E-state index in [1.54, 1.807) is 10.6 Å². The van der Waals surface area contributed by atoms with Crippen molar-refractivity contribution in [3.8, 4) is 0 Å². The summed E-state index contributed by atoms with van der Waals surface area (Å²) < 4.78 is 30.6. The molecule has 3 fully saturated rings. The van der Waals surface area contributed by atoms with Crippen molar-refractivity contribution in [2.75, 3.05) is 31.1 Å². The molecule has 1 spiro atoms. The van der Waals surface area contributed by atoms with Crippen LogP contribution < -0.4 is 9.62 Å². The van der Waals surface area contributed by atoms with Crippen molar-refractivity contribution in [1.29, 1.82) is 0 Å². The van der Waals surface area contributed by atoms with Crippen molar-refractivity contribution in [3.05, 3.63) is 18.6 Å².